The van der Waals surface area contributed by atoms with Gasteiger partial charge < -0.3 is 14.1 Å². The number of carbonyl (C=O) groups excluding carboxylic acids is 1. The summed E-state index contributed by atoms with van der Waals surface area (Å²) >= 11 is 5.66. The van der Waals surface area contributed by atoms with Gasteiger partial charge in [0, 0.05) is 43.7 Å². The Labute approximate surface area is 176 Å². The van der Waals surface area contributed by atoms with Crippen LogP contribution in [0, 0.1) is 0 Å². The second kappa shape index (κ2) is 9.63. The normalized spacial score (nSPS) is 18.3. The van der Waals surface area contributed by atoms with Gasteiger partial charge in [0.1, 0.15) is 12.0 Å². The topological polar surface area (TPSA) is 58.8 Å². The average Bonchev–Trinajstić information content (AvgIpc) is 3.47. The highest BCUT2D eigenvalue weighted by Gasteiger charge is 2.29. The highest BCUT2D eigenvalue weighted by atomic mass is 35.5. The lowest BCUT2D eigenvalue weighted by molar-refractivity contribution is 0.0568. The molecule has 6 nitrogen and oxygen atoms in total. The second-order valence-electron chi connectivity index (χ2n) is 7.72. The number of alkyl halides is 1. The molecule has 1 aromatic heterocycles. The maximum atomic E-state index is 12.8. The van der Waals surface area contributed by atoms with E-state index in [4.69, 9.17) is 20.8 Å². The lowest BCUT2D eigenvalue weighted by atomic mass is 10.2. The summed E-state index contributed by atoms with van der Waals surface area (Å²) in [4.78, 5) is 21.7. The molecule has 2 heterocycles. The number of hydrogen-bond donors (Lipinski definition) is 0. The molecule has 156 valence electrons. The zero-order valence-electron chi connectivity index (χ0n) is 16.7. The predicted octanol–water partition coefficient (Wildman–Crippen LogP) is 4.05. The Hall–Kier alpha value is -2.05. The SMILES string of the molecule is O=C(c1coc(-c2ccc(OCCCCl)cc2)n1)N1CCN(C2CCCC2)CC1. The van der Waals surface area contributed by atoms with Crippen LogP contribution >= 0.6 is 11.6 Å². The summed E-state index contributed by atoms with van der Waals surface area (Å²) in [6.07, 6.45) is 7.56. The van der Waals surface area contributed by atoms with Gasteiger partial charge in [-0.25, -0.2) is 4.98 Å². The van der Waals surface area contributed by atoms with Crippen LogP contribution in [0.3, 0.4) is 0 Å². The smallest absolute Gasteiger partial charge is 0.275 e. The average molecular weight is 418 g/mol. The van der Waals surface area contributed by atoms with Crippen LogP contribution in [0.4, 0.5) is 0 Å². The molecule has 1 saturated heterocycles. The van der Waals surface area contributed by atoms with Gasteiger partial charge >= 0.3 is 0 Å². The number of benzene rings is 1. The fourth-order valence-electron chi connectivity index (χ4n) is 4.16. The standard InChI is InChI=1S/C22H28ClN3O3/c23-10-3-15-28-19-8-6-17(7-9-19)21-24-20(16-29-21)22(27)26-13-11-25(12-14-26)18-4-1-2-5-18/h6-9,16,18H,1-5,10-15H2. The lowest BCUT2D eigenvalue weighted by Gasteiger charge is -2.37. The Morgan fingerprint density at radius 3 is 2.55 bits per heavy atom. The Balaban J connectivity index is 1.33. The number of rotatable bonds is 7. The number of halogens is 1. The summed E-state index contributed by atoms with van der Waals surface area (Å²) in [6, 6.07) is 8.23. The summed E-state index contributed by atoms with van der Waals surface area (Å²) in [7, 11) is 0. The van der Waals surface area contributed by atoms with Crippen molar-refractivity contribution in [2.45, 2.75) is 38.1 Å². The molecule has 2 aromatic rings. The molecule has 0 unspecified atom stereocenters. The highest BCUT2D eigenvalue weighted by molar-refractivity contribution is 6.17. The molecule has 7 heteroatoms. The minimum Gasteiger partial charge on any atom is -0.494 e. The van der Waals surface area contributed by atoms with Crippen molar-refractivity contribution in [3.63, 3.8) is 0 Å². The van der Waals surface area contributed by atoms with Gasteiger partial charge in [-0.1, -0.05) is 12.8 Å². The lowest BCUT2D eigenvalue weighted by Crippen LogP contribution is -2.51. The largest absolute Gasteiger partial charge is 0.494 e. The minimum absolute atomic E-state index is 0.0490. The van der Waals surface area contributed by atoms with E-state index < -0.39 is 0 Å². The van der Waals surface area contributed by atoms with Gasteiger partial charge in [0.25, 0.3) is 5.91 Å². The number of nitrogens with zero attached hydrogens (tertiary/aromatic N) is 3. The van der Waals surface area contributed by atoms with Gasteiger partial charge in [-0.2, -0.15) is 0 Å². The number of oxazole rings is 1. The molecule has 0 radical (unpaired) electrons. The highest BCUT2D eigenvalue weighted by Crippen LogP contribution is 2.25. The van der Waals surface area contributed by atoms with Crippen molar-refractivity contribution < 1.29 is 13.9 Å². The molecule has 0 N–H and O–H groups in total. The molecule has 4 rings (SSSR count). The molecule has 29 heavy (non-hydrogen) atoms. The Kier molecular flexibility index (Phi) is 6.72. The van der Waals surface area contributed by atoms with E-state index in [0.29, 0.717) is 30.1 Å². The molecular formula is C22H28ClN3O3. The number of amides is 1. The second-order valence-corrected chi connectivity index (χ2v) is 8.10. The van der Waals surface area contributed by atoms with Crippen molar-refractivity contribution >= 4 is 17.5 Å². The van der Waals surface area contributed by atoms with Crippen LogP contribution in [-0.2, 0) is 0 Å². The molecule has 2 fully saturated rings. The zero-order valence-corrected chi connectivity index (χ0v) is 17.4. The van der Waals surface area contributed by atoms with E-state index in [1.807, 2.05) is 29.2 Å². The van der Waals surface area contributed by atoms with Gasteiger partial charge in [-0.05, 0) is 43.5 Å². The van der Waals surface area contributed by atoms with E-state index in [1.165, 1.54) is 31.9 Å². The number of aromatic nitrogens is 1. The summed E-state index contributed by atoms with van der Waals surface area (Å²) in [5, 5.41) is 0. The van der Waals surface area contributed by atoms with Crippen molar-refractivity contribution in [3.05, 3.63) is 36.2 Å². The first-order valence-corrected chi connectivity index (χ1v) is 11.1. The molecule has 1 aliphatic heterocycles. The van der Waals surface area contributed by atoms with E-state index in [0.717, 1.165) is 43.9 Å². The quantitative estimate of drug-likeness (QED) is 0.502. The van der Waals surface area contributed by atoms with Crippen LogP contribution in [0.25, 0.3) is 11.5 Å². The van der Waals surface area contributed by atoms with Crippen molar-refractivity contribution in [1.82, 2.24) is 14.8 Å². The minimum atomic E-state index is -0.0490. The van der Waals surface area contributed by atoms with E-state index in [-0.39, 0.29) is 5.91 Å². The van der Waals surface area contributed by atoms with E-state index in [1.54, 1.807) is 0 Å². The Morgan fingerprint density at radius 1 is 1.14 bits per heavy atom. The van der Waals surface area contributed by atoms with Gasteiger partial charge in [0.05, 0.1) is 6.61 Å². The molecular weight excluding hydrogens is 390 g/mol. The fourth-order valence-corrected chi connectivity index (χ4v) is 4.27. The fraction of sp³-hybridized carbons (Fsp3) is 0.545. The molecule has 1 saturated carbocycles. The number of hydrogen-bond acceptors (Lipinski definition) is 5. The van der Waals surface area contributed by atoms with Crippen molar-refractivity contribution in [2.24, 2.45) is 0 Å². The molecule has 0 atom stereocenters. The van der Waals surface area contributed by atoms with E-state index in [9.17, 15) is 4.79 Å². The van der Waals surface area contributed by atoms with Crippen LogP contribution in [0.5, 0.6) is 5.75 Å². The third-order valence-electron chi connectivity index (χ3n) is 5.81. The zero-order chi connectivity index (χ0) is 20.1. The predicted molar refractivity (Wildman–Crippen MR) is 113 cm³/mol. The van der Waals surface area contributed by atoms with Crippen molar-refractivity contribution in [2.75, 3.05) is 38.7 Å². The summed E-state index contributed by atoms with van der Waals surface area (Å²) < 4.78 is 11.2. The van der Waals surface area contributed by atoms with Crippen LogP contribution in [0.1, 0.15) is 42.6 Å². The maximum Gasteiger partial charge on any atom is 0.275 e. The van der Waals surface area contributed by atoms with Gasteiger partial charge in [-0.3, -0.25) is 9.69 Å². The Bertz CT molecular complexity index is 794. The van der Waals surface area contributed by atoms with Crippen molar-refractivity contribution in [3.8, 4) is 17.2 Å². The molecule has 1 aromatic carbocycles. The maximum absolute atomic E-state index is 12.8. The van der Waals surface area contributed by atoms with E-state index in [2.05, 4.69) is 9.88 Å². The number of carbonyl (C=O) groups is 1. The molecule has 2 aliphatic rings. The first-order valence-electron chi connectivity index (χ1n) is 10.5. The molecule has 0 spiro atoms. The van der Waals surface area contributed by atoms with Crippen molar-refractivity contribution in [1.29, 1.82) is 0 Å². The Morgan fingerprint density at radius 2 is 1.86 bits per heavy atom. The van der Waals surface area contributed by atoms with Gasteiger partial charge in [-0.15, -0.1) is 11.6 Å². The van der Waals surface area contributed by atoms with Gasteiger partial charge in [0.15, 0.2) is 5.69 Å². The van der Waals surface area contributed by atoms with Crippen LogP contribution < -0.4 is 4.74 Å². The third-order valence-corrected chi connectivity index (χ3v) is 6.08. The van der Waals surface area contributed by atoms with Gasteiger partial charge in [0.2, 0.25) is 5.89 Å². The van der Waals surface area contributed by atoms with Crippen LogP contribution in [-0.4, -0.2) is 65.4 Å². The molecule has 1 aliphatic carbocycles. The number of piperazine rings is 1. The molecule has 0 bridgehead atoms. The number of ether oxygens (including phenoxy) is 1. The summed E-state index contributed by atoms with van der Waals surface area (Å²) in [5.74, 6) is 1.76. The first-order chi connectivity index (χ1) is 14.2. The van der Waals surface area contributed by atoms with Crippen LogP contribution in [0.15, 0.2) is 34.9 Å². The van der Waals surface area contributed by atoms with Crippen LogP contribution in [0.2, 0.25) is 0 Å². The summed E-state index contributed by atoms with van der Waals surface area (Å²) in [6.45, 7) is 4.00. The monoisotopic (exact) mass is 417 g/mol. The first kappa shape index (κ1) is 20.2. The third kappa shape index (κ3) is 4.93. The summed E-state index contributed by atoms with van der Waals surface area (Å²) in [5.41, 5.74) is 1.19. The van der Waals surface area contributed by atoms with E-state index >= 15 is 0 Å². The molecule has 1 amide bonds.